The monoisotopic (exact) mass is 302 g/mol. The zero-order valence-electron chi connectivity index (χ0n) is 11.4. The van der Waals surface area contributed by atoms with E-state index in [1.165, 1.54) is 5.56 Å². The molecule has 20 heavy (non-hydrogen) atoms. The number of fused-ring (bicyclic) bond motifs is 1. The maximum absolute atomic E-state index is 6.00. The van der Waals surface area contributed by atoms with Crippen molar-refractivity contribution in [1.82, 2.24) is 4.98 Å². The van der Waals surface area contributed by atoms with Crippen LogP contribution in [0.5, 0.6) is 0 Å². The Balaban J connectivity index is 1.97. The molecular formula is C16H15ClN2S. The zero-order valence-corrected chi connectivity index (χ0v) is 12.9. The van der Waals surface area contributed by atoms with Gasteiger partial charge >= 0.3 is 0 Å². The highest BCUT2D eigenvalue weighted by molar-refractivity contribution is 7.22. The van der Waals surface area contributed by atoms with Gasteiger partial charge in [-0.15, -0.1) is 0 Å². The molecule has 0 aliphatic heterocycles. The lowest BCUT2D eigenvalue weighted by molar-refractivity contribution is 0.869. The van der Waals surface area contributed by atoms with Crippen LogP contribution in [0.3, 0.4) is 0 Å². The summed E-state index contributed by atoms with van der Waals surface area (Å²) in [5.41, 5.74) is 3.35. The molecule has 0 amide bonds. The smallest absolute Gasteiger partial charge is 0.188 e. The number of nitrogens with one attached hydrogen (secondary N) is 1. The van der Waals surface area contributed by atoms with E-state index in [1.807, 2.05) is 24.3 Å². The van der Waals surface area contributed by atoms with Gasteiger partial charge in [0, 0.05) is 10.7 Å². The summed E-state index contributed by atoms with van der Waals surface area (Å²) in [4.78, 5) is 4.59. The first-order valence-corrected chi connectivity index (χ1v) is 7.75. The third-order valence-corrected chi connectivity index (χ3v) is 4.36. The van der Waals surface area contributed by atoms with Crippen molar-refractivity contribution < 1.29 is 0 Å². The quantitative estimate of drug-likeness (QED) is 0.659. The summed E-state index contributed by atoms with van der Waals surface area (Å²) in [6, 6.07) is 14.2. The topological polar surface area (TPSA) is 24.9 Å². The molecule has 0 atom stereocenters. The molecule has 3 rings (SSSR count). The Bertz CT molecular complexity index is 749. The number of rotatable bonds is 3. The van der Waals surface area contributed by atoms with Crippen LogP contribution >= 0.6 is 22.9 Å². The second kappa shape index (κ2) is 5.43. The molecule has 1 N–H and O–H groups in total. The third kappa shape index (κ3) is 2.65. The van der Waals surface area contributed by atoms with Crippen LogP contribution in [-0.4, -0.2) is 4.98 Å². The number of hydrogen-bond donors (Lipinski definition) is 1. The van der Waals surface area contributed by atoms with E-state index in [4.69, 9.17) is 11.6 Å². The molecule has 1 aromatic heterocycles. The van der Waals surface area contributed by atoms with E-state index in [2.05, 4.69) is 42.3 Å². The highest BCUT2D eigenvalue weighted by Crippen LogP contribution is 2.32. The summed E-state index contributed by atoms with van der Waals surface area (Å²) >= 11 is 7.64. The van der Waals surface area contributed by atoms with Gasteiger partial charge in [0.25, 0.3) is 0 Å². The molecule has 4 heteroatoms. The number of halogens is 1. The van der Waals surface area contributed by atoms with Gasteiger partial charge in [0.15, 0.2) is 5.13 Å². The first-order valence-electron chi connectivity index (χ1n) is 6.55. The van der Waals surface area contributed by atoms with Gasteiger partial charge in [-0.1, -0.05) is 55.0 Å². The first kappa shape index (κ1) is 13.4. The van der Waals surface area contributed by atoms with Crippen LogP contribution < -0.4 is 5.32 Å². The number of thiazole rings is 1. The van der Waals surface area contributed by atoms with E-state index in [0.29, 0.717) is 5.92 Å². The molecular weight excluding hydrogens is 288 g/mol. The van der Waals surface area contributed by atoms with Crippen molar-refractivity contribution >= 4 is 44.0 Å². The molecule has 102 valence electrons. The number of nitrogens with zero attached hydrogens (tertiary/aromatic N) is 1. The average molecular weight is 303 g/mol. The number of benzene rings is 2. The Morgan fingerprint density at radius 2 is 1.95 bits per heavy atom. The molecule has 0 aliphatic rings. The minimum absolute atomic E-state index is 0.475. The van der Waals surface area contributed by atoms with Gasteiger partial charge in [0.2, 0.25) is 0 Å². The molecule has 0 radical (unpaired) electrons. The van der Waals surface area contributed by atoms with Crippen LogP contribution in [0.2, 0.25) is 5.02 Å². The van der Waals surface area contributed by atoms with Crippen molar-refractivity contribution in [3.8, 4) is 0 Å². The lowest BCUT2D eigenvalue weighted by Crippen LogP contribution is -1.96. The van der Waals surface area contributed by atoms with Crippen LogP contribution in [0.15, 0.2) is 42.5 Å². The van der Waals surface area contributed by atoms with Crippen LogP contribution in [0.25, 0.3) is 10.2 Å². The molecule has 2 nitrogen and oxygen atoms in total. The molecule has 0 bridgehead atoms. The van der Waals surface area contributed by atoms with Gasteiger partial charge in [0.1, 0.15) is 0 Å². The van der Waals surface area contributed by atoms with Crippen molar-refractivity contribution in [2.75, 3.05) is 5.32 Å². The molecule has 0 fully saturated rings. The van der Waals surface area contributed by atoms with Gasteiger partial charge < -0.3 is 5.32 Å². The Labute approximate surface area is 127 Å². The maximum Gasteiger partial charge on any atom is 0.188 e. The fourth-order valence-electron chi connectivity index (χ4n) is 2.18. The van der Waals surface area contributed by atoms with E-state index in [0.717, 1.165) is 26.1 Å². The Hall–Kier alpha value is -1.58. The van der Waals surface area contributed by atoms with E-state index in [9.17, 15) is 0 Å². The molecule has 0 spiro atoms. The minimum Gasteiger partial charge on any atom is -0.331 e. The molecule has 3 aromatic rings. The van der Waals surface area contributed by atoms with E-state index in [-0.39, 0.29) is 0 Å². The van der Waals surface area contributed by atoms with Gasteiger partial charge in [0.05, 0.1) is 10.2 Å². The van der Waals surface area contributed by atoms with Gasteiger partial charge in [-0.05, 0) is 35.7 Å². The highest BCUT2D eigenvalue weighted by atomic mass is 35.5. The van der Waals surface area contributed by atoms with Gasteiger partial charge in [-0.2, -0.15) is 0 Å². The largest absolute Gasteiger partial charge is 0.331 e. The summed E-state index contributed by atoms with van der Waals surface area (Å²) in [6.07, 6.45) is 0. The highest BCUT2D eigenvalue weighted by Gasteiger charge is 2.09. The van der Waals surface area contributed by atoms with Crippen LogP contribution in [0.4, 0.5) is 10.8 Å². The summed E-state index contributed by atoms with van der Waals surface area (Å²) in [5, 5.41) is 5.04. The maximum atomic E-state index is 6.00. The van der Waals surface area contributed by atoms with Crippen LogP contribution in [0.1, 0.15) is 25.3 Å². The van der Waals surface area contributed by atoms with Crippen molar-refractivity contribution in [3.63, 3.8) is 0 Å². The third-order valence-electron chi connectivity index (χ3n) is 3.17. The van der Waals surface area contributed by atoms with E-state index < -0.39 is 0 Å². The lowest BCUT2D eigenvalue weighted by Gasteiger charge is -2.12. The van der Waals surface area contributed by atoms with E-state index in [1.54, 1.807) is 11.3 Å². The lowest BCUT2D eigenvalue weighted by atomic mass is 10.0. The minimum atomic E-state index is 0.475. The van der Waals surface area contributed by atoms with E-state index >= 15 is 0 Å². The molecule has 0 aliphatic carbocycles. The van der Waals surface area contributed by atoms with Crippen LogP contribution in [-0.2, 0) is 0 Å². The van der Waals surface area contributed by atoms with Crippen molar-refractivity contribution in [2.45, 2.75) is 19.8 Å². The SMILES string of the molecule is CC(C)c1ccccc1Nc1nc2cc(Cl)ccc2s1. The van der Waals surface area contributed by atoms with Crippen LogP contribution in [0, 0.1) is 0 Å². The summed E-state index contributed by atoms with van der Waals surface area (Å²) in [7, 11) is 0. The first-order chi connectivity index (χ1) is 9.63. The predicted molar refractivity (Wildman–Crippen MR) is 88.4 cm³/mol. The molecule has 2 aromatic carbocycles. The molecule has 0 unspecified atom stereocenters. The number of hydrogen-bond acceptors (Lipinski definition) is 3. The molecule has 1 heterocycles. The Kier molecular flexibility index (Phi) is 3.64. The number of aromatic nitrogens is 1. The summed E-state index contributed by atoms with van der Waals surface area (Å²) < 4.78 is 1.14. The number of anilines is 2. The fraction of sp³-hybridized carbons (Fsp3) is 0.188. The second-order valence-electron chi connectivity index (χ2n) is 5.00. The van der Waals surface area contributed by atoms with Crippen molar-refractivity contribution in [3.05, 3.63) is 53.1 Å². The molecule has 0 saturated heterocycles. The Morgan fingerprint density at radius 3 is 2.75 bits per heavy atom. The standard InChI is InChI=1S/C16H15ClN2S/c1-10(2)12-5-3-4-6-13(12)18-16-19-14-9-11(17)7-8-15(14)20-16/h3-10H,1-2H3,(H,18,19). The van der Waals surface area contributed by atoms with Gasteiger partial charge in [-0.3, -0.25) is 0 Å². The van der Waals surface area contributed by atoms with Crippen molar-refractivity contribution in [2.24, 2.45) is 0 Å². The fourth-order valence-corrected chi connectivity index (χ4v) is 3.21. The Morgan fingerprint density at radius 1 is 1.15 bits per heavy atom. The number of para-hydroxylation sites is 1. The zero-order chi connectivity index (χ0) is 14.1. The summed E-state index contributed by atoms with van der Waals surface area (Å²) in [6.45, 7) is 4.39. The predicted octanol–water partition coefficient (Wildman–Crippen LogP) is 5.82. The normalized spacial score (nSPS) is 11.2. The average Bonchev–Trinajstić information content (AvgIpc) is 2.80. The van der Waals surface area contributed by atoms with Gasteiger partial charge in [-0.25, -0.2) is 4.98 Å². The second-order valence-corrected chi connectivity index (χ2v) is 6.47. The van der Waals surface area contributed by atoms with Crippen molar-refractivity contribution in [1.29, 1.82) is 0 Å². The summed E-state index contributed by atoms with van der Waals surface area (Å²) in [5.74, 6) is 0.475. The molecule has 0 saturated carbocycles.